The van der Waals surface area contributed by atoms with E-state index in [-0.39, 0.29) is 28.6 Å². The van der Waals surface area contributed by atoms with Crippen LogP contribution in [0.3, 0.4) is 0 Å². The van der Waals surface area contributed by atoms with Crippen LogP contribution in [-0.4, -0.2) is 45.6 Å². The minimum atomic E-state index is -3.95. The van der Waals surface area contributed by atoms with E-state index in [1.54, 1.807) is 18.3 Å². The minimum absolute atomic E-state index is 0.0152. The molecule has 0 spiro atoms. The average Bonchev–Trinajstić information content (AvgIpc) is 3.36. The van der Waals surface area contributed by atoms with E-state index in [0.717, 1.165) is 24.5 Å². The van der Waals surface area contributed by atoms with Gasteiger partial charge in [0.25, 0.3) is 5.91 Å². The first-order valence-corrected chi connectivity index (χ1v) is 12.2. The van der Waals surface area contributed by atoms with Crippen LogP contribution < -0.4 is 14.9 Å². The Morgan fingerprint density at radius 3 is 2.64 bits per heavy atom. The van der Waals surface area contributed by atoms with Gasteiger partial charge in [-0.05, 0) is 42.0 Å². The van der Waals surface area contributed by atoms with Gasteiger partial charge in [-0.15, -0.1) is 0 Å². The minimum Gasteiger partial charge on any atom is -0.468 e. The predicted molar refractivity (Wildman–Crippen MR) is 123 cm³/mol. The van der Waals surface area contributed by atoms with Gasteiger partial charge < -0.3 is 19.4 Å². The van der Waals surface area contributed by atoms with E-state index in [0.29, 0.717) is 19.0 Å². The third kappa shape index (κ3) is 5.91. The Bertz CT molecular complexity index is 1190. The molecule has 0 aliphatic carbocycles. The molecule has 1 amide bonds. The number of hydrogen-bond donors (Lipinski definition) is 2. The van der Waals surface area contributed by atoms with Crippen molar-refractivity contribution in [3.63, 3.8) is 0 Å². The molecular formula is C22H23ClN4O5S. The molecule has 0 bridgehead atoms. The number of carbonyl (C=O) groups excluding carboxylic acids is 1. The SMILES string of the molecule is O=C(NCc1ccc(N2CCOCC2)nc1)c1ccc(Cl)c(S(=O)(=O)NCc2ccco2)c1. The van der Waals surface area contributed by atoms with Gasteiger partial charge in [0, 0.05) is 31.4 Å². The number of anilines is 1. The second-order valence-corrected chi connectivity index (χ2v) is 9.50. The Morgan fingerprint density at radius 2 is 1.94 bits per heavy atom. The normalized spacial score (nSPS) is 14.3. The van der Waals surface area contributed by atoms with E-state index < -0.39 is 15.9 Å². The topological polar surface area (TPSA) is 114 Å². The molecule has 11 heteroatoms. The first-order chi connectivity index (χ1) is 15.9. The fourth-order valence-corrected chi connectivity index (χ4v) is 4.81. The van der Waals surface area contributed by atoms with Gasteiger partial charge in [-0.3, -0.25) is 4.79 Å². The molecule has 174 valence electrons. The summed E-state index contributed by atoms with van der Waals surface area (Å²) in [5.74, 6) is 0.895. The van der Waals surface area contributed by atoms with Crippen molar-refractivity contribution in [3.8, 4) is 0 Å². The lowest BCUT2D eigenvalue weighted by molar-refractivity contribution is 0.0950. The molecule has 3 aromatic rings. The lowest BCUT2D eigenvalue weighted by Crippen LogP contribution is -2.36. The van der Waals surface area contributed by atoms with E-state index >= 15 is 0 Å². The van der Waals surface area contributed by atoms with E-state index in [1.807, 2.05) is 12.1 Å². The van der Waals surface area contributed by atoms with Gasteiger partial charge in [0.15, 0.2) is 0 Å². The van der Waals surface area contributed by atoms with Gasteiger partial charge in [0.2, 0.25) is 10.0 Å². The van der Waals surface area contributed by atoms with E-state index in [2.05, 4.69) is 19.9 Å². The zero-order chi connectivity index (χ0) is 23.3. The number of rotatable bonds is 8. The number of morpholine rings is 1. The highest BCUT2D eigenvalue weighted by Gasteiger charge is 2.20. The average molecular weight is 491 g/mol. The molecule has 1 aromatic carbocycles. The lowest BCUT2D eigenvalue weighted by Gasteiger charge is -2.27. The summed E-state index contributed by atoms with van der Waals surface area (Å²) in [5.41, 5.74) is 0.998. The fourth-order valence-electron chi connectivity index (χ4n) is 3.29. The number of sulfonamides is 1. The Labute approximate surface area is 196 Å². The summed E-state index contributed by atoms with van der Waals surface area (Å²) in [6.07, 6.45) is 3.16. The first-order valence-electron chi connectivity index (χ1n) is 10.3. The van der Waals surface area contributed by atoms with Crippen molar-refractivity contribution in [1.29, 1.82) is 0 Å². The molecule has 0 radical (unpaired) electrons. The molecular weight excluding hydrogens is 468 g/mol. The molecule has 1 aliphatic rings. The zero-order valence-corrected chi connectivity index (χ0v) is 19.2. The molecule has 0 saturated carbocycles. The van der Waals surface area contributed by atoms with Crippen LogP contribution in [0.1, 0.15) is 21.7 Å². The summed E-state index contributed by atoms with van der Waals surface area (Å²) >= 11 is 6.10. The number of halogens is 1. The predicted octanol–water partition coefficient (Wildman–Crippen LogP) is 2.57. The summed E-state index contributed by atoms with van der Waals surface area (Å²) in [6.45, 7) is 3.15. The van der Waals surface area contributed by atoms with E-state index in [1.165, 1.54) is 24.5 Å². The fraction of sp³-hybridized carbons (Fsp3) is 0.273. The van der Waals surface area contributed by atoms with Crippen molar-refractivity contribution in [2.45, 2.75) is 18.0 Å². The van der Waals surface area contributed by atoms with Crippen molar-refractivity contribution < 1.29 is 22.4 Å². The zero-order valence-electron chi connectivity index (χ0n) is 17.7. The second-order valence-electron chi connectivity index (χ2n) is 7.36. The van der Waals surface area contributed by atoms with Crippen LogP contribution in [0.5, 0.6) is 0 Å². The Hall–Kier alpha value is -2.92. The second kappa shape index (κ2) is 10.3. The molecule has 4 rings (SSSR count). The third-order valence-electron chi connectivity index (χ3n) is 5.10. The molecule has 0 unspecified atom stereocenters. The smallest absolute Gasteiger partial charge is 0.251 e. The Morgan fingerprint density at radius 1 is 1.12 bits per heavy atom. The molecule has 9 nitrogen and oxygen atoms in total. The number of ether oxygens (including phenoxy) is 1. The summed E-state index contributed by atoms with van der Waals surface area (Å²) in [5, 5.41) is 2.80. The number of amides is 1. The van der Waals surface area contributed by atoms with Crippen molar-refractivity contribution in [3.05, 3.63) is 76.8 Å². The molecule has 2 N–H and O–H groups in total. The van der Waals surface area contributed by atoms with Gasteiger partial charge in [-0.1, -0.05) is 17.7 Å². The van der Waals surface area contributed by atoms with Crippen LogP contribution >= 0.6 is 11.6 Å². The lowest BCUT2D eigenvalue weighted by atomic mass is 10.2. The standard InChI is InChI=1S/C22H23ClN4O5S/c23-19-5-4-17(12-20(19)33(29,30)26-15-18-2-1-9-32-18)22(28)25-14-16-3-6-21(24-13-16)27-7-10-31-11-8-27/h1-6,9,12-13,26H,7-8,10-11,14-15H2,(H,25,28). The molecule has 0 atom stereocenters. The number of nitrogens with one attached hydrogen (secondary N) is 2. The molecule has 1 fully saturated rings. The highest BCUT2D eigenvalue weighted by molar-refractivity contribution is 7.89. The monoisotopic (exact) mass is 490 g/mol. The summed E-state index contributed by atoms with van der Waals surface area (Å²) in [7, 11) is -3.95. The largest absolute Gasteiger partial charge is 0.468 e. The summed E-state index contributed by atoms with van der Waals surface area (Å²) in [4.78, 5) is 19.1. The van der Waals surface area contributed by atoms with Gasteiger partial charge in [0.1, 0.15) is 16.5 Å². The van der Waals surface area contributed by atoms with Crippen LogP contribution in [0.2, 0.25) is 5.02 Å². The summed E-state index contributed by atoms with van der Waals surface area (Å²) < 4.78 is 38.3. The van der Waals surface area contributed by atoms with E-state index in [4.69, 9.17) is 20.8 Å². The van der Waals surface area contributed by atoms with Crippen molar-refractivity contribution in [2.75, 3.05) is 31.2 Å². The number of benzene rings is 1. The molecule has 2 aromatic heterocycles. The van der Waals surface area contributed by atoms with Crippen LogP contribution in [-0.2, 0) is 27.8 Å². The number of nitrogens with zero attached hydrogens (tertiary/aromatic N) is 2. The van der Waals surface area contributed by atoms with Crippen LogP contribution in [0.15, 0.2) is 64.2 Å². The quantitative estimate of drug-likeness (QED) is 0.498. The number of furan rings is 1. The van der Waals surface area contributed by atoms with Crippen molar-refractivity contribution in [2.24, 2.45) is 0 Å². The highest BCUT2D eigenvalue weighted by atomic mass is 35.5. The van der Waals surface area contributed by atoms with Crippen LogP contribution in [0.4, 0.5) is 5.82 Å². The highest BCUT2D eigenvalue weighted by Crippen LogP contribution is 2.23. The Balaban J connectivity index is 1.39. The number of hydrogen-bond acceptors (Lipinski definition) is 7. The van der Waals surface area contributed by atoms with Crippen LogP contribution in [0, 0.1) is 0 Å². The van der Waals surface area contributed by atoms with Gasteiger partial charge in [-0.25, -0.2) is 18.1 Å². The third-order valence-corrected chi connectivity index (χ3v) is 6.98. The van der Waals surface area contributed by atoms with Gasteiger partial charge >= 0.3 is 0 Å². The van der Waals surface area contributed by atoms with Gasteiger partial charge in [0.05, 0.1) is 31.0 Å². The maximum absolute atomic E-state index is 12.7. The molecule has 1 aliphatic heterocycles. The maximum atomic E-state index is 12.7. The first kappa shape index (κ1) is 23.2. The number of aromatic nitrogens is 1. The molecule has 3 heterocycles. The van der Waals surface area contributed by atoms with Crippen LogP contribution in [0.25, 0.3) is 0 Å². The number of pyridine rings is 1. The van der Waals surface area contributed by atoms with E-state index in [9.17, 15) is 13.2 Å². The molecule has 33 heavy (non-hydrogen) atoms. The Kier molecular flexibility index (Phi) is 7.29. The van der Waals surface area contributed by atoms with Crippen molar-refractivity contribution >= 4 is 33.3 Å². The van der Waals surface area contributed by atoms with Crippen molar-refractivity contribution in [1.82, 2.24) is 15.0 Å². The van der Waals surface area contributed by atoms with Gasteiger partial charge in [-0.2, -0.15) is 0 Å². The summed E-state index contributed by atoms with van der Waals surface area (Å²) in [6, 6.07) is 11.2. The number of carbonyl (C=O) groups is 1. The molecule has 1 saturated heterocycles. The maximum Gasteiger partial charge on any atom is 0.251 e.